The molecule has 0 saturated carbocycles. The molecule has 0 bridgehead atoms. The van der Waals surface area contributed by atoms with Gasteiger partial charge in [0.05, 0.1) is 18.5 Å². The minimum atomic E-state index is 0.433. The number of hydrogen-bond acceptors (Lipinski definition) is 3. The zero-order valence-corrected chi connectivity index (χ0v) is 11.7. The number of hydrogen-bond donors (Lipinski definition) is 1. The van der Waals surface area contributed by atoms with E-state index in [2.05, 4.69) is 11.9 Å². The second-order valence-corrected chi connectivity index (χ2v) is 4.67. The average Bonchev–Trinajstić information content (AvgIpc) is 2.46. The molecule has 0 aliphatic carbocycles. The minimum Gasteiger partial charge on any atom is -0.492 e. The molecule has 0 saturated heterocycles. The fourth-order valence-electron chi connectivity index (χ4n) is 1.76. The summed E-state index contributed by atoms with van der Waals surface area (Å²) < 4.78 is 5.62. The second-order valence-electron chi connectivity index (χ2n) is 4.24. The predicted octanol–water partition coefficient (Wildman–Crippen LogP) is 3.65. The zero-order chi connectivity index (χ0) is 13.7. The van der Waals surface area contributed by atoms with Crippen molar-refractivity contribution in [2.24, 2.45) is 5.73 Å². The van der Waals surface area contributed by atoms with E-state index in [1.807, 2.05) is 30.3 Å². The molecule has 0 amide bonds. The Balaban J connectivity index is 2.30. The maximum atomic E-state index is 5.88. The summed E-state index contributed by atoms with van der Waals surface area (Å²) in [6, 6.07) is 9.55. The first-order valence-electron chi connectivity index (χ1n) is 6.32. The molecule has 2 rings (SSSR count). The van der Waals surface area contributed by atoms with Gasteiger partial charge in [0, 0.05) is 22.7 Å². The highest BCUT2D eigenvalue weighted by Gasteiger charge is 2.06. The molecule has 1 aromatic heterocycles. The van der Waals surface area contributed by atoms with Gasteiger partial charge in [0.2, 0.25) is 0 Å². The molecule has 4 heteroatoms. The van der Waals surface area contributed by atoms with Crippen molar-refractivity contribution >= 4 is 11.6 Å². The Labute approximate surface area is 118 Å². The van der Waals surface area contributed by atoms with Crippen LogP contribution < -0.4 is 10.5 Å². The molecule has 0 unspecified atom stereocenters. The molecule has 0 radical (unpaired) electrons. The van der Waals surface area contributed by atoms with E-state index in [1.165, 1.54) is 0 Å². The number of benzene rings is 1. The first-order chi connectivity index (χ1) is 9.24. The Kier molecular flexibility index (Phi) is 4.77. The molecule has 100 valence electrons. The molecule has 19 heavy (non-hydrogen) atoms. The van der Waals surface area contributed by atoms with Crippen LogP contribution in [0.2, 0.25) is 5.02 Å². The summed E-state index contributed by atoms with van der Waals surface area (Å²) in [7, 11) is 0. The van der Waals surface area contributed by atoms with Crippen LogP contribution in [0.5, 0.6) is 5.75 Å². The summed E-state index contributed by atoms with van der Waals surface area (Å²) in [5, 5.41) is 0.714. The van der Waals surface area contributed by atoms with Gasteiger partial charge in [-0.3, -0.25) is 4.98 Å². The number of ether oxygens (including phenoxy) is 1. The second kappa shape index (κ2) is 6.55. The fourth-order valence-corrected chi connectivity index (χ4v) is 1.89. The van der Waals surface area contributed by atoms with Crippen molar-refractivity contribution in [3.63, 3.8) is 0 Å². The largest absolute Gasteiger partial charge is 0.492 e. The predicted molar refractivity (Wildman–Crippen MR) is 78.4 cm³/mol. The monoisotopic (exact) mass is 276 g/mol. The van der Waals surface area contributed by atoms with E-state index in [-0.39, 0.29) is 0 Å². The van der Waals surface area contributed by atoms with E-state index in [0.717, 1.165) is 29.0 Å². The summed E-state index contributed by atoms with van der Waals surface area (Å²) in [6.45, 7) is 3.18. The van der Waals surface area contributed by atoms with Crippen LogP contribution in [0.15, 0.2) is 36.5 Å². The van der Waals surface area contributed by atoms with E-state index in [0.29, 0.717) is 18.2 Å². The lowest BCUT2D eigenvalue weighted by atomic mass is 10.1. The van der Waals surface area contributed by atoms with E-state index < -0.39 is 0 Å². The normalized spacial score (nSPS) is 10.5. The summed E-state index contributed by atoms with van der Waals surface area (Å²) in [6.07, 6.45) is 2.70. The molecular formula is C15H17ClN2O. The maximum absolute atomic E-state index is 5.88. The van der Waals surface area contributed by atoms with Crippen LogP contribution in [0.3, 0.4) is 0 Å². The first-order valence-corrected chi connectivity index (χ1v) is 6.70. The minimum absolute atomic E-state index is 0.433. The van der Waals surface area contributed by atoms with Crippen LogP contribution in [0, 0.1) is 0 Å². The molecule has 0 aliphatic rings. The van der Waals surface area contributed by atoms with Crippen LogP contribution >= 0.6 is 11.6 Å². The Bertz CT molecular complexity index is 540. The van der Waals surface area contributed by atoms with Gasteiger partial charge in [-0.05, 0) is 24.6 Å². The average molecular weight is 277 g/mol. The summed E-state index contributed by atoms with van der Waals surface area (Å²) in [5.74, 6) is 0.766. The lowest BCUT2D eigenvalue weighted by Crippen LogP contribution is -2.04. The highest BCUT2D eigenvalue weighted by molar-refractivity contribution is 6.30. The Morgan fingerprint density at radius 2 is 2.00 bits per heavy atom. The van der Waals surface area contributed by atoms with Gasteiger partial charge >= 0.3 is 0 Å². The maximum Gasteiger partial charge on any atom is 0.142 e. The van der Waals surface area contributed by atoms with Crippen molar-refractivity contribution < 1.29 is 4.74 Å². The van der Waals surface area contributed by atoms with E-state index in [1.54, 1.807) is 6.20 Å². The number of nitrogens with two attached hydrogens (primary N) is 1. The van der Waals surface area contributed by atoms with Crippen molar-refractivity contribution in [2.45, 2.75) is 19.9 Å². The van der Waals surface area contributed by atoms with Crippen LogP contribution in [-0.4, -0.2) is 11.6 Å². The van der Waals surface area contributed by atoms with Crippen LogP contribution in [0.25, 0.3) is 11.3 Å². The van der Waals surface area contributed by atoms with Gasteiger partial charge in [-0.1, -0.05) is 30.7 Å². The Morgan fingerprint density at radius 1 is 1.26 bits per heavy atom. The highest BCUT2D eigenvalue weighted by atomic mass is 35.5. The number of halogens is 1. The molecular weight excluding hydrogens is 260 g/mol. The molecule has 1 heterocycles. The number of nitrogens with zero attached hydrogens (tertiary/aromatic N) is 1. The summed E-state index contributed by atoms with van der Waals surface area (Å²) >= 11 is 5.88. The molecule has 2 N–H and O–H groups in total. The highest BCUT2D eigenvalue weighted by Crippen LogP contribution is 2.25. The van der Waals surface area contributed by atoms with Crippen molar-refractivity contribution in [3.8, 4) is 17.0 Å². The Morgan fingerprint density at radius 3 is 2.63 bits per heavy atom. The van der Waals surface area contributed by atoms with Gasteiger partial charge < -0.3 is 10.5 Å². The number of rotatable bonds is 5. The van der Waals surface area contributed by atoms with Crippen molar-refractivity contribution in [3.05, 3.63) is 47.1 Å². The molecule has 1 aromatic carbocycles. The smallest absolute Gasteiger partial charge is 0.142 e. The van der Waals surface area contributed by atoms with Crippen LogP contribution in [-0.2, 0) is 6.54 Å². The van der Waals surface area contributed by atoms with Gasteiger partial charge in [0.1, 0.15) is 5.75 Å². The van der Waals surface area contributed by atoms with Crippen molar-refractivity contribution in [2.75, 3.05) is 6.61 Å². The Hall–Kier alpha value is -1.58. The topological polar surface area (TPSA) is 48.1 Å². The van der Waals surface area contributed by atoms with Crippen molar-refractivity contribution in [1.82, 2.24) is 4.98 Å². The van der Waals surface area contributed by atoms with E-state index in [9.17, 15) is 0 Å². The third-order valence-electron chi connectivity index (χ3n) is 2.77. The quantitative estimate of drug-likeness (QED) is 0.907. The van der Waals surface area contributed by atoms with E-state index in [4.69, 9.17) is 22.1 Å². The molecule has 0 fully saturated rings. The molecule has 0 spiro atoms. The van der Waals surface area contributed by atoms with Crippen molar-refractivity contribution in [1.29, 1.82) is 0 Å². The van der Waals surface area contributed by atoms with Gasteiger partial charge in [0.25, 0.3) is 0 Å². The standard InChI is InChI=1S/C15H17ClN2O/c1-2-7-19-15-10-18-14(8-12(15)9-17)11-3-5-13(16)6-4-11/h3-6,8,10H,2,7,9,17H2,1H3. The summed E-state index contributed by atoms with van der Waals surface area (Å²) in [4.78, 5) is 4.42. The summed E-state index contributed by atoms with van der Waals surface area (Å²) in [5.41, 5.74) is 8.62. The van der Waals surface area contributed by atoms with Crippen LogP contribution in [0.1, 0.15) is 18.9 Å². The number of pyridine rings is 1. The number of aromatic nitrogens is 1. The molecule has 3 nitrogen and oxygen atoms in total. The van der Waals surface area contributed by atoms with Crippen LogP contribution in [0.4, 0.5) is 0 Å². The fraction of sp³-hybridized carbons (Fsp3) is 0.267. The lowest BCUT2D eigenvalue weighted by molar-refractivity contribution is 0.313. The first kappa shape index (κ1) is 13.8. The SMILES string of the molecule is CCCOc1cnc(-c2ccc(Cl)cc2)cc1CN. The van der Waals surface area contributed by atoms with Gasteiger partial charge in [-0.15, -0.1) is 0 Å². The lowest BCUT2D eigenvalue weighted by Gasteiger charge is -2.11. The van der Waals surface area contributed by atoms with Gasteiger partial charge in [-0.25, -0.2) is 0 Å². The third-order valence-corrected chi connectivity index (χ3v) is 3.02. The zero-order valence-electron chi connectivity index (χ0n) is 10.9. The molecule has 0 aliphatic heterocycles. The van der Waals surface area contributed by atoms with Gasteiger partial charge in [-0.2, -0.15) is 0 Å². The van der Waals surface area contributed by atoms with Gasteiger partial charge in [0.15, 0.2) is 0 Å². The molecule has 2 aromatic rings. The third kappa shape index (κ3) is 3.46. The van der Waals surface area contributed by atoms with E-state index >= 15 is 0 Å². The molecule has 0 atom stereocenters.